The molecule has 6 nitrogen and oxygen atoms in total. The Hall–Kier alpha value is -3.33. The maximum atomic E-state index is 13.4. The first-order valence-electron chi connectivity index (χ1n) is 10.2. The minimum atomic E-state index is -3.63. The molecule has 3 aromatic carbocycles. The molecule has 1 aromatic heterocycles. The van der Waals surface area contributed by atoms with Crippen LogP contribution < -0.4 is 5.32 Å². The number of hydrogen-bond donors (Lipinski definition) is 1. The lowest BCUT2D eigenvalue weighted by molar-refractivity contribution is 0.103. The van der Waals surface area contributed by atoms with Gasteiger partial charge in [0.2, 0.25) is 10.0 Å². The predicted molar refractivity (Wildman–Crippen MR) is 133 cm³/mol. The van der Waals surface area contributed by atoms with E-state index in [9.17, 15) is 13.2 Å². The van der Waals surface area contributed by atoms with Crippen LogP contribution in [0, 0.1) is 6.92 Å². The van der Waals surface area contributed by atoms with Crippen LogP contribution in [0.15, 0.2) is 83.8 Å². The lowest BCUT2D eigenvalue weighted by atomic mass is 10.1. The Morgan fingerprint density at radius 2 is 1.52 bits per heavy atom. The number of aryl methyl sites for hydroxylation is 1. The van der Waals surface area contributed by atoms with Crippen molar-refractivity contribution in [2.24, 2.45) is 0 Å². The smallest absolute Gasteiger partial charge is 0.268 e. The van der Waals surface area contributed by atoms with Crippen LogP contribution in [-0.4, -0.2) is 37.7 Å². The first kappa shape index (κ1) is 22.8. The normalized spacial score (nSPS) is 11.5. The van der Waals surface area contributed by atoms with Crippen LogP contribution in [-0.2, 0) is 10.0 Å². The van der Waals surface area contributed by atoms with Crippen LogP contribution in [0.3, 0.4) is 0 Å². The SMILES string of the molecule is Cc1ccc(S(=O)(=O)N(C)C)cc1NC(=O)c1sc(-c2ccccc2)nc1-c1ccccc1. The highest BCUT2D eigenvalue weighted by Crippen LogP contribution is 2.34. The summed E-state index contributed by atoms with van der Waals surface area (Å²) in [5, 5.41) is 3.64. The molecule has 0 aliphatic rings. The Morgan fingerprint density at radius 3 is 2.12 bits per heavy atom. The van der Waals surface area contributed by atoms with E-state index in [1.54, 1.807) is 6.07 Å². The second-order valence-electron chi connectivity index (χ2n) is 7.65. The molecule has 1 amide bonds. The number of carbonyl (C=O) groups excluding carboxylic acids is 1. The van der Waals surface area contributed by atoms with Crippen molar-refractivity contribution < 1.29 is 13.2 Å². The summed E-state index contributed by atoms with van der Waals surface area (Å²) in [6.07, 6.45) is 0. The lowest BCUT2D eigenvalue weighted by Gasteiger charge is -2.14. The molecular formula is C25H23N3O3S2. The van der Waals surface area contributed by atoms with Gasteiger partial charge in [-0.05, 0) is 24.6 Å². The Labute approximate surface area is 197 Å². The van der Waals surface area contributed by atoms with Crippen LogP contribution in [0.4, 0.5) is 5.69 Å². The van der Waals surface area contributed by atoms with E-state index in [0.29, 0.717) is 16.3 Å². The van der Waals surface area contributed by atoms with Crippen molar-refractivity contribution in [1.82, 2.24) is 9.29 Å². The second-order valence-corrected chi connectivity index (χ2v) is 10.8. The molecule has 1 N–H and O–H groups in total. The summed E-state index contributed by atoms with van der Waals surface area (Å²) < 4.78 is 26.3. The first-order chi connectivity index (χ1) is 15.8. The number of nitrogens with one attached hydrogen (secondary N) is 1. The molecule has 0 bridgehead atoms. The fourth-order valence-corrected chi connectivity index (χ4v) is 5.17. The van der Waals surface area contributed by atoms with Crippen molar-refractivity contribution >= 4 is 33.0 Å². The number of hydrogen-bond acceptors (Lipinski definition) is 5. The summed E-state index contributed by atoms with van der Waals surface area (Å²) in [5.41, 5.74) is 3.55. The fraction of sp³-hybridized carbons (Fsp3) is 0.120. The standard InChI is InChI=1S/C25H23N3O3S2/c1-17-14-15-20(33(30,31)28(2)3)16-21(17)26-24(29)23-22(18-10-6-4-7-11-18)27-25(32-23)19-12-8-5-9-13-19/h4-16H,1-3H3,(H,26,29). The van der Waals surface area contributed by atoms with Gasteiger partial charge in [0.25, 0.3) is 5.91 Å². The number of amides is 1. The lowest BCUT2D eigenvalue weighted by Crippen LogP contribution is -2.22. The molecular weight excluding hydrogens is 454 g/mol. The number of rotatable bonds is 6. The number of anilines is 1. The van der Waals surface area contributed by atoms with Crippen molar-refractivity contribution in [2.45, 2.75) is 11.8 Å². The molecule has 4 aromatic rings. The van der Waals surface area contributed by atoms with Gasteiger partial charge in [-0.2, -0.15) is 0 Å². The average Bonchev–Trinajstić information content (AvgIpc) is 3.27. The third-order valence-electron chi connectivity index (χ3n) is 5.14. The Kier molecular flexibility index (Phi) is 6.42. The molecule has 0 aliphatic carbocycles. The molecule has 168 valence electrons. The molecule has 1 heterocycles. The Balaban J connectivity index is 1.75. The van der Waals surface area contributed by atoms with Crippen molar-refractivity contribution in [3.05, 3.63) is 89.3 Å². The van der Waals surface area contributed by atoms with E-state index in [2.05, 4.69) is 5.32 Å². The maximum Gasteiger partial charge on any atom is 0.268 e. The number of thiazole rings is 1. The highest BCUT2D eigenvalue weighted by atomic mass is 32.2. The van der Waals surface area contributed by atoms with Crippen LogP contribution in [0.2, 0.25) is 0 Å². The number of carbonyl (C=O) groups is 1. The first-order valence-corrected chi connectivity index (χ1v) is 12.5. The van der Waals surface area contributed by atoms with Crippen molar-refractivity contribution in [3.8, 4) is 21.8 Å². The summed E-state index contributed by atoms with van der Waals surface area (Å²) in [7, 11) is -0.679. The molecule has 0 saturated carbocycles. The van der Waals surface area contributed by atoms with E-state index < -0.39 is 10.0 Å². The largest absolute Gasteiger partial charge is 0.321 e. The zero-order valence-corrected chi connectivity index (χ0v) is 20.1. The van der Waals surface area contributed by atoms with Gasteiger partial charge >= 0.3 is 0 Å². The molecule has 0 atom stereocenters. The molecule has 0 saturated heterocycles. The Morgan fingerprint density at radius 1 is 0.909 bits per heavy atom. The zero-order valence-electron chi connectivity index (χ0n) is 18.4. The second kappa shape index (κ2) is 9.27. The number of sulfonamides is 1. The van der Waals surface area contributed by atoms with E-state index in [1.165, 1.54) is 37.6 Å². The molecule has 8 heteroatoms. The molecule has 4 rings (SSSR count). The van der Waals surface area contributed by atoms with E-state index >= 15 is 0 Å². The van der Waals surface area contributed by atoms with Crippen molar-refractivity contribution in [1.29, 1.82) is 0 Å². The topological polar surface area (TPSA) is 79.4 Å². The minimum Gasteiger partial charge on any atom is -0.321 e. The fourth-order valence-electron chi connectivity index (χ4n) is 3.26. The van der Waals surface area contributed by atoms with Crippen LogP contribution in [0.1, 0.15) is 15.2 Å². The van der Waals surface area contributed by atoms with Gasteiger partial charge in [0.05, 0.1) is 10.6 Å². The van der Waals surface area contributed by atoms with Gasteiger partial charge < -0.3 is 5.32 Å². The molecule has 33 heavy (non-hydrogen) atoms. The summed E-state index contributed by atoms with van der Waals surface area (Å²) in [6.45, 7) is 1.82. The van der Waals surface area contributed by atoms with Gasteiger partial charge in [0.15, 0.2) is 0 Å². The number of benzene rings is 3. The number of aromatic nitrogens is 1. The van der Waals surface area contributed by atoms with Gasteiger partial charge in [-0.25, -0.2) is 17.7 Å². The molecule has 0 spiro atoms. The third kappa shape index (κ3) is 4.73. The average molecular weight is 478 g/mol. The van der Waals surface area contributed by atoms with Gasteiger partial charge in [-0.1, -0.05) is 66.7 Å². The summed E-state index contributed by atoms with van der Waals surface area (Å²) in [5.74, 6) is -0.337. The van der Waals surface area contributed by atoms with Crippen LogP contribution >= 0.6 is 11.3 Å². The van der Waals surface area contributed by atoms with E-state index in [4.69, 9.17) is 4.98 Å². The van der Waals surface area contributed by atoms with Gasteiger partial charge in [-0.3, -0.25) is 4.79 Å². The van der Waals surface area contributed by atoms with E-state index in [0.717, 1.165) is 26.0 Å². The summed E-state index contributed by atoms with van der Waals surface area (Å²) >= 11 is 1.31. The molecule has 0 radical (unpaired) electrons. The third-order valence-corrected chi connectivity index (χ3v) is 8.05. The van der Waals surface area contributed by atoms with Gasteiger partial charge in [0, 0.05) is 30.9 Å². The highest BCUT2D eigenvalue weighted by Gasteiger charge is 2.23. The van der Waals surface area contributed by atoms with Crippen LogP contribution in [0.25, 0.3) is 21.8 Å². The van der Waals surface area contributed by atoms with Crippen molar-refractivity contribution in [2.75, 3.05) is 19.4 Å². The molecule has 0 fully saturated rings. The van der Waals surface area contributed by atoms with Gasteiger partial charge in [0.1, 0.15) is 9.88 Å². The summed E-state index contributed by atoms with van der Waals surface area (Å²) in [4.78, 5) is 18.7. The molecule has 0 unspecified atom stereocenters. The van der Waals surface area contributed by atoms with Gasteiger partial charge in [-0.15, -0.1) is 11.3 Å². The van der Waals surface area contributed by atoms with E-state index in [-0.39, 0.29) is 10.8 Å². The summed E-state index contributed by atoms with van der Waals surface area (Å²) in [6, 6.07) is 23.9. The monoisotopic (exact) mass is 477 g/mol. The minimum absolute atomic E-state index is 0.117. The van der Waals surface area contributed by atoms with E-state index in [1.807, 2.05) is 67.6 Å². The Bertz CT molecular complexity index is 1400. The highest BCUT2D eigenvalue weighted by molar-refractivity contribution is 7.89. The molecule has 0 aliphatic heterocycles. The maximum absolute atomic E-state index is 13.4. The predicted octanol–water partition coefficient (Wildman–Crippen LogP) is 5.29. The number of nitrogens with zero attached hydrogens (tertiary/aromatic N) is 2. The zero-order chi connectivity index (χ0) is 23.6. The quantitative estimate of drug-likeness (QED) is 0.409. The van der Waals surface area contributed by atoms with Crippen LogP contribution in [0.5, 0.6) is 0 Å². The van der Waals surface area contributed by atoms with Crippen molar-refractivity contribution in [3.63, 3.8) is 0 Å².